The number of benzene rings is 2. The molecule has 4 rings (SSSR count). The van der Waals surface area contributed by atoms with Gasteiger partial charge in [0, 0.05) is 19.0 Å². The van der Waals surface area contributed by atoms with Crippen molar-refractivity contribution in [2.45, 2.75) is 44.7 Å². The zero-order chi connectivity index (χ0) is 23.7. The van der Waals surface area contributed by atoms with Crippen molar-refractivity contribution in [1.29, 1.82) is 0 Å². The van der Waals surface area contributed by atoms with Gasteiger partial charge in [0.2, 0.25) is 5.91 Å². The fraction of sp³-hybridized carbons (Fsp3) is 0.423. The van der Waals surface area contributed by atoms with Crippen molar-refractivity contribution in [2.24, 2.45) is 11.8 Å². The first-order chi connectivity index (χ1) is 15.8. The van der Waals surface area contributed by atoms with E-state index >= 15 is 0 Å². The highest BCUT2D eigenvalue weighted by Crippen LogP contribution is 2.44. The molecule has 1 atom stereocenters. The van der Waals surface area contributed by atoms with Crippen LogP contribution >= 0.6 is 0 Å². The number of hydrogen-bond donors (Lipinski definition) is 2. The van der Waals surface area contributed by atoms with Crippen LogP contribution in [0.4, 0.5) is 4.79 Å². The number of carbonyl (C=O) groups is 3. The van der Waals surface area contributed by atoms with Gasteiger partial charge in [-0.3, -0.25) is 9.59 Å². The number of fused-ring (bicyclic) bond motifs is 3. The Balaban J connectivity index is 1.38. The van der Waals surface area contributed by atoms with Gasteiger partial charge in [0.05, 0.1) is 5.92 Å². The highest BCUT2D eigenvalue weighted by Gasteiger charge is 2.40. The minimum Gasteiger partial charge on any atom is -0.481 e. The number of nitrogens with zero attached hydrogens (tertiary/aromatic N) is 1. The van der Waals surface area contributed by atoms with Crippen LogP contribution < -0.4 is 5.32 Å². The van der Waals surface area contributed by atoms with Gasteiger partial charge in [0.25, 0.3) is 0 Å². The van der Waals surface area contributed by atoms with E-state index in [4.69, 9.17) is 9.84 Å². The molecule has 0 bridgehead atoms. The lowest BCUT2D eigenvalue weighted by Gasteiger charge is -2.40. The van der Waals surface area contributed by atoms with Crippen molar-refractivity contribution >= 4 is 18.0 Å². The van der Waals surface area contributed by atoms with E-state index < -0.39 is 24.0 Å². The van der Waals surface area contributed by atoms with Gasteiger partial charge in [-0.1, -0.05) is 62.4 Å². The smallest absolute Gasteiger partial charge is 0.407 e. The van der Waals surface area contributed by atoms with Crippen molar-refractivity contribution in [3.05, 3.63) is 59.7 Å². The molecule has 33 heavy (non-hydrogen) atoms. The average molecular weight is 451 g/mol. The lowest BCUT2D eigenvalue weighted by molar-refractivity contribution is -0.150. The van der Waals surface area contributed by atoms with Gasteiger partial charge >= 0.3 is 12.1 Å². The summed E-state index contributed by atoms with van der Waals surface area (Å²) in [6.45, 7) is 3.90. The molecule has 0 aromatic heterocycles. The van der Waals surface area contributed by atoms with Gasteiger partial charge in [-0.05, 0) is 41.0 Å². The summed E-state index contributed by atoms with van der Waals surface area (Å²) < 4.78 is 5.60. The number of rotatable bonds is 7. The Bertz CT molecular complexity index is 1010. The van der Waals surface area contributed by atoms with Crippen molar-refractivity contribution in [2.75, 3.05) is 13.7 Å². The first kappa shape index (κ1) is 22.8. The molecule has 2 aromatic rings. The molecule has 7 heteroatoms. The predicted molar refractivity (Wildman–Crippen MR) is 124 cm³/mol. The lowest BCUT2D eigenvalue weighted by Crippen LogP contribution is -2.56. The Morgan fingerprint density at radius 1 is 1.03 bits per heavy atom. The Labute approximate surface area is 193 Å². The number of carboxylic acid groups (broad SMARTS) is 1. The Kier molecular flexibility index (Phi) is 6.40. The van der Waals surface area contributed by atoms with E-state index in [1.54, 1.807) is 11.9 Å². The first-order valence-corrected chi connectivity index (χ1v) is 11.4. The molecule has 0 radical (unpaired) electrons. The van der Waals surface area contributed by atoms with Crippen LogP contribution in [-0.2, 0) is 14.3 Å². The van der Waals surface area contributed by atoms with E-state index in [2.05, 4.69) is 29.6 Å². The summed E-state index contributed by atoms with van der Waals surface area (Å²) in [5, 5.41) is 11.8. The molecule has 2 aromatic carbocycles. The largest absolute Gasteiger partial charge is 0.481 e. The summed E-state index contributed by atoms with van der Waals surface area (Å²) >= 11 is 0. The Hall–Kier alpha value is -3.35. The highest BCUT2D eigenvalue weighted by molar-refractivity contribution is 5.86. The van der Waals surface area contributed by atoms with Crippen molar-refractivity contribution in [1.82, 2.24) is 10.2 Å². The number of carboxylic acids is 1. The minimum atomic E-state index is -0.829. The number of hydrogen-bond acceptors (Lipinski definition) is 4. The molecule has 2 aliphatic rings. The maximum absolute atomic E-state index is 13.0. The maximum atomic E-state index is 13.0. The molecule has 174 valence electrons. The molecule has 0 saturated heterocycles. The number of likely N-dealkylation sites (N-methyl/N-ethyl adjacent to an activating group) is 1. The number of aliphatic carboxylic acids is 1. The van der Waals surface area contributed by atoms with E-state index in [1.165, 1.54) is 0 Å². The zero-order valence-electron chi connectivity index (χ0n) is 19.2. The molecule has 7 nitrogen and oxygen atoms in total. The van der Waals surface area contributed by atoms with Crippen LogP contribution in [0.3, 0.4) is 0 Å². The van der Waals surface area contributed by atoms with E-state index in [0.29, 0.717) is 12.8 Å². The van der Waals surface area contributed by atoms with E-state index in [9.17, 15) is 14.4 Å². The summed E-state index contributed by atoms with van der Waals surface area (Å²) in [6.07, 6.45) is 0.245. The molecule has 0 aliphatic heterocycles. The molecule has 1 saturated carbocycles. The van der Waals surface area contributed by atoms with Crippen LogP contribution in [0, 0.1) is 11.8 Å². The maximum Gasteiger partial charge on any atom is 0.407 e. The fourth-order valence-electron chi connectivity index (χ4n) is 4.79. The van der Waals surface area contributed by atoms with Crippen LogP contribution in [0.15, 0.2) is 48.5 Å². The summed E-state index contributed by atoms with van der Waals surface area (Å²) in [5.41, 5.74) is 4.56. The summed E-state index contributed by atoms with van der Waals surface area (Å²) in [5.74, 6) is -1.66. The predicted octanol–water partition coefficient (Wildman–Crippen LogP) is 3.87. The van der Waals surface area contributed by atoms with Crippen LogP contribution in [0.25, 0.3) is 11.1 Å². The molecule has 1 fully saturated rings. The van der Waals surface area contributed by atoms with Crippen LogP contribution in [0.2, 0.25) is 0 Å². The summed E-state index contributed by atoms with van der Waals surface area (Å²) in [7, 11) is 1.67. The summed E-state index contributed by atoms with van der Waals surface area (Å²) in [4.78, 5) is 38.3. The van der Waals surface area contributed by atoms with Gasteiger partial charge in [0.15, 0.2) is 0 Å². The number of ether oxygens (including phenoxy) is 1. The molecule has 2 aliphatic carbocycles. The Morgan fingerprint density at radius 2 is 1.58 bits per heavy atom. The van der Waals surface area contributed by atoms with Gasteiger partial charge in [-0.15, -0.1) is 0 Å². The van der Waals surface area contributed by atoms with Crippen LogP contribution in [0.1, 0.15) is 43.7 Å². The lowest BCUT2D eigenvalue weighted by atomic mass is 9.79. The van der Waals surface area contributed by atoms with Gasteiger partial charge in [-0.2, -0.15) is 0 Å². The standard InChI is InChI=1S/C26H30N2O5/c1-15(2)23(24(29)28(3)17-12-16(13-17)25(30)31)27-26(32)33-14-22-20-10-6-4-8-18(20)19-9-5-7-11-21(19)22/h4-11,15-17,22-23H,12-14H2,1-3H3,(H,27,32)(H,30,31). The number of amides is 2. The topological polar surface area (TPSA) is 95.9 Å². The van der Waals surface area contributed by atoms with Gasteiger partial charge in [0.1, 0.15) is 12.6 Å². The molecule has 2 amide bonds. The number of nitrogens with one attached hydrogen (secondary N) is 1. The van der Waals surface area contributed by atoms with E-state index in [1.807, 2.05) is 38.1 Å². The summed E-state index contributed by atoms with van der Waals surface area (Å²) in [6, 6.07) is 15.4. The first-order valence-electron chi connectivity index (χ1n) is 11.4. The third-order valence-corrected chi connectivity index (χ3v) is 6.91. The fourth-order valence-corrected chi connectivity index (χ4v) is 4.79. The number of carbonyl (C=O) groups excluding carboxylic acids is 2. The second-order valence-electron chi connectivity index (χ2n) is 9.30. The molecular formula is C26H30N2O5. The zero-order valence-corrected chi connectivity index (χ0v) is 19.2. The van der Waals surface area contributed by atoms with Crippen molar-refractivity contribution in [3.63, 3.8) is 0 Å². The second-order valence-corrected chi connectivity index (χ2v) is 9.30. The monoisotopic (exact) mass is 450 g/mol. The van der Waals surface area contributed by atoms with Crippen LogP contribution in [0.5, 0.6) is 0 Å². The number of alkyl carbamates (subject to hydrolysis) is 1. The molecule has 2 N–H and O–H groups in total. The quantitative estimate of drug-likeness (QED) is 0.668. The molecule has 0 heterocycles. The van der Waals surface area contributed by atoms with Crippen LogP contribution in [-0.4, -0.2) is 53.7 Å². The van der Waals surface area contributed by atoms with E-state index in [-0.39, 0.29) is 30.4 Å². The SMILES string of the molecule is CC(C)C(NC(=O)OCC1c2ccccc2-c2ccccc21)C(=O)N(C)C1CC(C(=O)O)C1. The van der Waals surface area contributed by atoms with E-state index in [0.717, 1.165) is 22.3 Å². The van der Waals surface area contributed by atoms with Crippen molar-refractivity contribution < 1.29 is 24.2 Å². The minimum absolute atomic E-state index is 0.0537. The molecule has 1 unspecified atom stereocenters. The molecule has 0 spiro atoms. The van der Waals surface area contributed by atoms with Crippen molar-refractivity contribution in [3.8, 4) is 11.1 Å². The van der Waals surface area contributed by atoms with Gasteiger partial charge in [-0.25, -0.2) is 4.79 Å². The normalized spacial score (nSPS) is 19.8. The Morgan fingerprint density at radius 3 is 2.09 bits per heavy atom. The highest BCUT2D eigenvalue weighted by atomic mass is 16.5. The van der Waals surface area contributed by atoms with Gasteiger partial charge < -0.3 is 20.1 Å². The third-order valence-electron chi connectivity index (χ3n) is 6.91. The molecular weight excluding hydrogens is 420 g/mol. The second kappa shape index (κ2) is 9.25. The third kappa shape index (κ3) is 4.45. The average Bonchev–Trinajstić information content (AvgIpc) is 3.08.